The number of hydrogen-bond acceptors (Lipinski definition) is 5. The monoisotopic (exact) mass is 364 g/mol. The van der Waals surface area contributed by atoms with E-state index in [1.165, 1.54) is 19.2 Å². The zero-order valence-electron chi connectivity index (χ0n) is 13.9. The molecule has 8 heteroatoms. The van der Waals surface area contributed by atoms with Crippen molar-refractivity contribution in [1.29, 1.82) is 0 Å². The number of rotatable bonds is 5. The highest BCUT2D eigenvalue weighted by molar-refractivity contribution is 7.18. The van der Waals surface area contributed by atoms with Crippen molar-refractivity contribution in [2.24, 2.45) is 0 Å². The Morgan fingerprint density at radius 1 is 1.16 bits per heavy atom. The number of thiophene rings is 1. The summed E-state index contributed by atoms with van der Waals surface area (Å²) >= 11 is 0.963. The summed E-state index contributed by atoms with van der Waals surface area (Å²) < 4.78 is 18.0. The maximum atomic E-state index is 13.0. The van der Waals surface area contributed by atoms with Crippen LogP contribution in [0.5, 0.6) is 0 Å². The first-order valence-corrected chi connectivity index (χ1v) is 8.30. The average Bonchev–Trinajstić information content (AvgIpc) is 2.91. The Morgan fingerprint density at radius 3 is 2.36 bits per heavy atom. The quantitative estimate of drug-likeness (QED) is 0.799. The molecular weight excluding hydrogens is 347 g/mol. The van der Waals surface area contributed by atoms with E-state index in [2.05, 4.69) is 10.6 Å². The molecule has 0 aliphatic carbocycles. The van der Waals surface area contributed by atoms with Gasteiger partial charge in [-0.25, -0.2) is 9.18 Å². The third kappa shape index (κ3) is 4.03. The molecule has 2 rings (SSSR count). The van der Waals surface area contributed by atoms with Crippen molar-refractivity contribution in [3.8, 4) is 0 Å². The number of benzene rings is 1. The number of amides is 2. The summed E-state index contributed by atoms with van der Waals surface area (Å²) in [5.74, 6) is -1.96. The van der Waals surface area contributed by atoms with E-state index < -0.39 is 23.6 Å². The number of esters is 1. The van der Waals surface area contributed by atoms with E-state index >= 15 is 0 Å². The first-order valence-electron chi connectivity index (χ1n) is 7.48. The van der Waals surface area contributed by atoms with Gasteiger partial charge in [0.2, 0.25) is 0 Å². The minimum Gasteiger partial charge on any atom is -0.462 e. The van der Waals surface area contributed by atoms with Crippen molar-refractivity contribution in [3.05, 3.63) is 51.7 Å². The van der Waals surface area contributed by atoms with E-state index in [-0.39, 0.29) is 27.6 Å². The molecule has 1 aromatic heterocycles. The second-order valence-corrected chi connectivity index (χ2v) is 6.04. The van der Waals surface area contributed by atoms with Gasteiger partial charge in [-0.15, -0.1) is 11.3 Å². The smallest absolute Gasteiger partial charge is 0.348 e. The number of hydrogen-bond donors (Lipinski definition) is 2. The predicted octanol–water partition coefficient (Wildman–Crippen LogP) is 2.98. The lowest BCUT2D eigenvalue weighted by Gasteiger charge is -2.06. The fourth-order valence-electron chi connectivity index (χ4n) is 2.17. The number of anilines is 1. The van der Waals surface area contributed by atoms with Gasteiger partial charge in [-0.3, -0.25) is 9.59 Å². The van der Waals surface area contributed by atoms with Gasteiger partial charge in [0.15, 0.2) is 0 Å². The van der Waals surface area contributed by atoms with Gasteiger partial charge in [-0.05, 0) is 43.7 Å². The molecule has 1 aromatic carbocycles. The normalized spacial score (nSPS) is 10.2. The third-order valence-corrected chi connectivity index (χ3v) is 4.58. The van der Waals surface area contributed by atoms with Crippen molar-refractivity contribution in [2.45, 2.75) is 13.8 Å². The van der Waals surface area contributed by atoms with Crippen molar-refractivity contribution in [3.63, 3.8) is 0 Å². The van der Waals surface area contributed by atoms with Crippen molar-refractivity contribution >= 4 is 34.1 Å². The van der Waals surface area contributed by atoms with Gasteiger partial charge in [-0.1, -0.05) is 0 Å². The van der Waals surface area contributed by atoms with Crippen LogP contribution in [-0.2, 0) is 4.74 Å². The number of nitrogens with one attached hydrogen (secondary N) is 2. The largest absolute Gasteiger partial charge is 0.462 e. The molecule has 25 heavy (non-hydrogen) atoms. The predicted molar refractivity (Wildman–Crippen MR) is 92.8 cm³/mol. The molecule has 0 radical (unpaired) electrons. The first-order chi connectivity index (χ1) is 11.9. The van der Waals surface area contributed by atoms with Crippen LogP contribution in [0.15, 0.2) is 24.3 Å². The second-order valence-electron chi connectivity index (χ2n) is 5.02. The standard InChI is InChI=1S/C17H17FN2O4S/c1-4-24-17(23)13-9(2)12(15(22)19-3)16(25-13)20-14(21)10-5-7-11(18)8-6-10/h5-8H,4H2,1-3H3,(H,19,22)(H,20,21). The molecule has 0 bridgehead atoms. The summed E-state index contributed by atoms with van der Waals surface area (Å²) in [7, 11) is 1.45. The first kappa shape index (κ1) is 18.6. The molecule has 0 spiro atoms. The van der Waals surface area contributed by atoms with Crippen LogP contribution in [0.25, 0.3) is 0 Å². The topological polar surface area (TPSA) is 84.5 Å². The second kappa shape index (κ2) is 7.89. The molecule has 2 aromatic rings. The minimum atomic E-state index is -0.558. The van der Waals surface area contributed by atoms with Crippen LogP contribution >= 0.6 is 11.3 Å². The van der Waals surface area contributed by atoms with Gasteiger partial charge < -0.3 is 15.4 Å². The molecule has 0 saturated carbocycles. The summed E-state index contributed by atoms with van der Waals surface area (Å²) in [6.07, 6.45) is 0. The van der Waals surface area contributed by atoms with Gasteiger partial charge in [0.25, 0.3) is 11.8 Å². The van der Waals surface area contributed by atoms with Crippen molar-refractivity contribution in [1.82, 2.24) is 5.32 Å². The highest BCUT2D eigenvalue weighted by Crippen LogP contribution is 2.34. The van der Waals surface area contributed by atoms with Crippen molar-refractivity contribution < 1.29 is 23.5 Å². The third-order valence-electron chi connectivity index (χ3n) is 3.40. The summed E-state index contributed by atoms with van der Waals surface area (Å²) in [5.41, 5.74) is 0.858. The molecule has 0 aliphatic rings. The molecule has 0 saturated heterocycles. The Labute approximate surface area is 148 Å². The van der Waals surface area contributed by atoms with Crippen LogP contribution < -0.4 is 10.6 Å². The molecule has 0 atom stereocenters. The van der Waals surface area contributed by atoms with Crippen LogP contribution in [0.2, 0.25) is 0 Å². The highest BCUT2D eigenvalue weighted by Gasteiger charge is 2.26. The molecule has 2 N–H and O–H groups in total. The molecule has 6 nitrogen and oxygen atoms in total. The SMILES string of the molecule is CCOC(=O)c1sc(NC(=O)c2ccc(F)cc2)c(C(=O)NC)c1C. The van der Waals surface area contributed by atoms with Gasteiger partial charge in [-0.2, -0.15) is 0 Å². The highest BCUT2D eigenvalue weighted by atomic mass is 32.1. The maximum Gasteiger partial charge on any atom is 0.348 e. The summed E-state index contributed by atoms with van der Waals surface area (Å²) in [5, 5.41) is 5.32. The Hall–Kier alpha value is -2.74. The Bertz CT molecular complexity index is 815. The van der Waals surface area contributed by atoms with Crippen LogP contribution in [0.4, 0.5) is 9.39 Å². The Morgan fingerprint density at radius 2 is 1.80 bits per heavy atom. The Balaban J connectivity index is 2.39. The number of ether oxygens (including phenoxy) is 1. The summed E-state index contributed by atoms with van der Waals surface area (Å²) in [4.78, 5) is 36.8. The van der Waals surface area contributed by atoms with Crippen LogP contribution in [0.3, 0.4) is 0 Å². The zero-order chi connectivity index (χ0) is 18.6. The van der Waals surface area contributed by atoms with E-state index in [1.54, 1.807) is 13.8 Å². The number of carbonyl (C=O) groups excluding carboxylic acids is 3. The number of carbonyl (C=O) groups is 3. The van der Waals surface area contributed by atoms with E-state index in [0.29, 0.717) is 5.56 Å². The molecular formula is C17H17FN2O4S. The fourth-order valence-corrected chi connectivity index (χ4v) is 3.26. The minimum absolute atomic E-state index is 0.197. The molecule has 1 heterocycles. The lowest BCUT2D eigenvalue weighted by Crippen LogP contribution is -2.21. The molecule has 0 aliphatic heterocycles. The average molecular weight is 364 g/mol. The molecule has 0 unspecified atom stereocenters. The zero-order valence-corrected chi connectivity index (χ0v) is 14.8. The molecule has 2 amide bonds. The van der Waals surface area contributed by atoms with Gasteiger partial charge in [0.1, 0.15) is 15.7 Å². The maximum absolute atomic E-state index is 13.0. The van der Waals surface area contributed by atoms with E-state index in [9.17, 15) is 18.8 Å². The Kier molecular flexibility index (Phi) is 5.87. The van der Waals surface area contributed by atoms with Gasteiger partial charge >= 0.3 is 5.97 Å². The summed E-state index contributed by atoms with van der Waals surface area (Å²) in [6.45, 7) is 3.49. The fraction of sp³-hybridized carbons (Fsp3) is 0.235. The number of halogens is 1. The van der Waals surface area contributed by atoms with Gasteiger partial charge in [0.05, 0.1) is 12.2 Å². The van der Waals surface area contributed by atoms with Crippen molar-refractivity contribution in [2.75, 3.05) is 19.0 Å². The summed E-state index contributed by atoms with van der Waals surface area (Å²) in [6, 6.07) is 4.99. The van der Waals surface area contributed by atoms with Crippen LogP contribution in [0, 0.1) is 12.7 Å². The van der Waals surface area contributed by atoms with Crippen LogP contribution in [-0.4, -0.2) is 31.4 Å². The lowest BCUT2D eigenvalue weighted by molar-refractivity contribution is 0.0531. The van der Waals surface area contributed by atoms with E-state index in [1.807, 2.05) is 0 Å². The molecule has 0 fully saturated rings. The van der Waals surface area contributed by atoms with E-state index in [0.717, 1.165) is 23.5 Å². The van der Waals surface area contributed by atoms with E-state index in [4.69, 9.17) is 4.74 Å². The van der Waals surface area contributed by atoms with Crippen LogP contribution in [0.1, 0.15) is 42.9 Å². The molecule has 132 valence electrons. The lowest BCUT2D eigenvalue weighted by atomic mass is 10.1. The van der Waals surface area contributed by atoms with Gasteiger partial charge in [0, 0.05) is 12.6 Å².